The van der Waals surface area contributed by atoms with Gasteiger partial charge >= 0.3 is 0 Å². The summed E-state index contributed by atoms with van der Waals surface area (Å²) in [4.78, 5) is 26.9. The van der Waals surface area contributed by atoms with E-state index in [1.807, 2.05) is 6.92 Å². The summed E-state index contributed by atoms with van der Waals surface area (Å²) in [5, 5.41) is 0. The monoisotopic (exact) mass is 347 g/mol. The van der Waals surface area contributed by atoms with Gasteiger partial charge in [0.05, 0.1) is 6.54 Å². The number of piperidine rings is 1. The fourth-order valence-corrected chi connectivity index (χ4v) is 3.91. The van der Waals surface area contributed by atoms with E-state index in [4.69, 9.17) is 0 Å². The molecule has 0 radical (unpaired) electrons. The van der Waals surface area contributed by atoms with Gasteiger partial charge in [0.25, 0.3) is 0 Å². The smallest absolute Gasteiger partial charge is 0.241 e. The summed E-state index contributed by atoms with van der Waals surface area (Å²) in [6.07, 6.45) is 2.32. The van der Waals surface area contributed by atoms with Gasteiger partial charge in [-0.15, -0.1) is 0 Å². The quantitative estimate of drug-likeness (QED) is 0.667. The van der Waals surface area contributed by atoms with Gasteiger partial charge in [0.2, 0.25) is 21.8 Å². The average Bonchev–Trinajstić information content (AvgIpc) is 2.46. The highest BCUT2D eigenvalue weighted by molar-refractivity contribution is 7.89. The minimum absolute atomic E-state index is 0.0772. The molecule has 1 saturated heterocycles. The number of nitrogens with zero attached hydrogens (tertiary/aromatic N) is 3. The van der Waals surface area contributed by atoms with E-state index >= 15 is 0 Å². The number of hydrogen-bond donors (Lipinski definition) is 0. The van der Waals surface area contributed by atoms with Gasteiger partial charge in [-0.2, -0.15) is 0 Å². The van der Waals surface area contributed by atoms with Crippen LogP contribution in [0.25, 0.3) is 0 Å². The predicted molar refractivity (Wildman–Crippen MR) is 89.3 cm³/mol. The molecule has 0 bridgehead atoms. The third-order valence-corrected chi connectivity index (χ3v) is 5.88. The van der Waals surface area contributed by atoms with Crippen LogP contribution in [0.4, 0.5) is 0 Å². The highest BCUT2D eigenvalue weighted by atomic mass is 32.2. The molecular weight excluding hydrogens is 318 g/mol. The number of carbonyl (C=O) groups is 2. The van der Waals surface area contributed by atoms with Crippen molar-refractivity contribution in [3.63, 3.8) is 0 Å². The first-order valence-electron chi connectivity index (χ1n) is 8.13. The lowest BCUT2D eigenvalue weighted by Crippen LogP contribution is -2.46. The van der Waals surface area contributed by atoms with Crippen LogP contribution in [0, 0.1) is 5.92 Å². The molecule has 8 heteroatoms. The third-order valence-electron chi connectivity index (χ3n) is 4.11. The molecule has 7 nitrogen and oxygen atoms in total. The second-order valence-electron chi connectivity index (χ2n) is 6.44. The average molecular weight is 347 g/mol. The molecular formula is C15H29N3O4S. The van der Waals surface area contributed by atoms with Gasteiger partial charge in [-0.1, -0.05) is 13.8 Å². The van der Waals surface area contributed by atoms with Gasteiger partial charge < -0.3 is 9.80 Å². The van der Waals surface area contributed by atoms with Crippen molar-refractivity contribution >= 4 is 21.8 Å². The molecule has 2 amide bonds. The van der Waals surface area contributed by atoms with Crippen molar-refractivity contribution < 1.29 is 18.0 Å². The molecule has 0 N–H and O–H groups in total. The summed E-state index contributed by atoms with van der Waals surface area (Å²) >= 11 is 0. The number of amides is 2. The van der Waals surface area contributed by atoms with Crippen molar-refractivity contribution in [1.82, 2.24) is 14.1 Å². The third kappa shape index (κ3) is 6.10. The van der Waals surface area contributed by atoms with Gasteiger partial charge in [0.15, 0.2) is 0 Å². The summed E-state index contributed by atoms with van der Waals surface area (Å²) in [5.41, 5.74) is 0. The first-order chi connectivity index (χ1) is 10.7. The molecule has 134 valence electrons. The normalized spacial score (nSPS) is 17.0. The van der Waals surface area contributed by atoms with Crippen LogP contribution in [0.2, 0.25) is 0 Å². The Hall–Kier alpha value is -1.15. The predicted octanol–water partition coefficient (Wildman–Crippen LogP) is 0.375. The molecule has 0 atom stereocenters. The van der Waals surface area contributed by atoms with E-state index in [0.717, 1.165) is 12.8 Å². The lowest BCUT2D eigenvalue weighted by molar-refractivity contribution is -0.137. The Bertz CT molecular complexity index is 511. The van der Waals surface area contributed by atoms with E-state index in [0.29, 0.717) is 32.0 Å². The summed E-state index contributed by atoms with van der Waals surface area (Å²) in [7, 11) is -0.381. The summed E-state index contributed by atoms with van der Waals surface area (Å²) in [6.45, 7) is 5.24. The molecule has 1 aliphatic heterocycles. The zero-order valence-corrected chi connectivity index (χ0v) is 15.4. The van der Waals surface area contributed by atoms with E-state index in [1.165, 1.54) is 14.1 Å². The molecule has 1 aliphatic rings. The zero-order chi connectivity index (χ0) is 17.6. The Morgan fingerprint density at radius 2 is 1.70 bits per heavy atom. The molecule has 1 heterocycles. The highest BCUT2D eigenvalue weighted by Gasteiger charge is 2.30. The van der Waals surface area contributed by atoms with Crippen LogP contribution in [0.1, 0.15) is 33.1 Å². The first kappa shape index (κ1) is 19.9. The van der Waals surface area contributed by atoms with Crippen LogP contribution in [-0.4, -0.2) is 80.4 Å². The van der Waals surface area contributed by atoms with E-state index in [2.05, 4.69) is 6.92 Å². The minimum Gasteiger partial charge on any atom is -0.347 e. The van der Waals surface area contributed by atoms with E-state index in [-0.39, 0.29) is 12.5 Å². The molecule has 1 fully saturated rings. The molecule has 0 aromatic carbocycles. The number of sulfonamides is 1. The van der Waals surface area contributed by atoms with E-state index in [1.54, 1.807) is 14.1 Å². The maximum absolute atomic E-state index is 12.4. The second-order valence-corrected chi connectivity index (χ2v) is 8.41. The Kier molecular flexibility index (Phi) is 7.47. The van der Waals surface area contributed by atoms with Gasteiger partial charge in [0, 0.05) is 33.7 Å². The molecule has 0 aromatic rings. The fraction of sp³-hybridized carbons (Fsp3) is 0.867. The summed E-state index contributed by atoms with van der Waals surface area (Å²) < 4.78 is 26.2. The van der Waals surface area contributed by atoms with Crippen molar-refractivity contribution in [2.24, 2.45) is 5.92 Å². The number of carbonyl (C=O) groups excluding carboxylic acids is 2. The standard InChI is InChI=1S/C15H29N3O4S/c1-5-8-17(11-14(19)16(3)4)15(20)12-23(21,22)18-9-6-13(2)7-10-18/h13H,5-12H2,1-4H3. The molecule has 23 heavy (non-hydrogen) atoms. The molecule has 1 rings (SSSR count). The SMILES string of the molecule is CCCN(CC(=O)N(C)C)C(=O)CS(=O)(=O)N1CCC(C)CC1. The Labute approximate surface area is 139 Å². The van der Waals surface area contributed by atoms with Crippen LogP contribution in [-0.2, 0) is 19.6 Å². The van der Waals surface area contributed by atoms with Crippen molar-refractivity contribution in [3.05, 3.63) is 0 Å². The molecule has 0 aliphatic carbocycles. The number of likely N-dealkylation sites (N-methyl/N-ethyl adjacent to an activating group) is 1. The second kappa shape index (κ2) is 8.63. The van der Waals surface area contributed by atoms with Crippen LogP contribution >= 0.6 is 0 Å². The van der Waals surface area contributed by atoms with Crippen molar-refractivity contribution in [3.8, 4) is 0 Å². The first-order valence-corrected chi connectivity index (χ1v) is 9.74. The largest absolute Gasteiger partial charge is 0.347 e. The molecule has 0 saturated carbocycles. The maximum atomic E-state index is 12.4. The molecule has 0 unspecified atom stereocenters. The van der Waals surface area contributed by atoms with Crippen LogP contribution in [0.5, 0.6) is 0 Å². The Balaban J connectivity index is 2.71. The van der Waals surface area contributed by atoms with Gasteiger partial charge in [0.1, 0.15) is 5.75 Å². The highest BCUT2D eigenvalue weighted by Crippen LogP contribution is 2.19. The van der Waals surface area contributed by atoms with E-state index < -0.39 is 21.7 Å². The van der Waals surface area contributed by atoms with Crippen LogP contribution < -0.4 is 0 Å². The van der Waals surface area contributed by atoms with Gasteiger partial charge in [-0.25, -0.2) is 12.7 Å². The fourth-order valence-electron chi connectivity index (χ4n) is 2.47. The maximum Gasteiger partial charge on any atom is 0.241 e. The van der Waals surface area contributed by atoms with Crippen molar-refractivity contribution in [2.75, 3.05) is 46.0 Å². The molecule has 0 aromatic heterocycles. The van der Waals surface area contributed by atoms with Gasteiger partial charge in [-0.3, -0.25) is 9.59 Å². The summed E-state index contributed by atoms with van der Waals surface area (Å²) in [6, 6.07) is 0. The Morgan fingerprint density at radius 1 is 1.13 bits per heavy atom. The molecule has 0 spiro atoms. The van der Waals surface area contributed by atoms with E-state index in [9.17, 15) is 18.0 Å². The Morgan fingerprint density at radius 3 is 2.17 bits per heavy atom. The summed E-state index contributed by atoms with van der Waals surface area (Å²) in [5.74, 6) is -0.745. The topological polar surface area (TPSA) is 78.0 Å². The van der Waals surface area contributed by atoms with Crippen molar-refractivity contribution in [2.45, 2.75) is 33.1 Å². The van der Waals surface area contributed by atoms with Crippen LogP contribution in [0.15, 0.2) is 0 Å². The van der Waals surface area contributed by atoms with Crippen molar-refractivity contribution in [1.29, 1.82) is 0 Å². The minimum atomic E-state index is -3.61. The lowest BCUT2D eigenvalue weighted by Gasteiger charge is -2.30. The van der Waals surface area contributed by atoms with Crippen LogP contribution in [0.3, 0.4) is 0 Å². The zero-order valence-electron chi connectivity index (χ0n) is 14.6. The van der Waals surface area contributed by atoms with Gasteiger partial charge in [-0.05, 0) is 25.2 Å². The number of rotatable bonds is 7. The number of hydrogen-bond acceptors (Lipinski definition) is 4. The lowest BCUT2D eigenvalue weighted by atomic mass is 10.0.